The van der Waals surface area contributed by atoms with E-state index in [1.54, 1.807) is 6.07 Å². The molecule has 2 N–H and O–H groups in total. The van der Waals surface area contributed by atoms with Gasteiger partial charge in [-0.15, -0.1) is 0 Å². The summed E-state index contributed by atoms with van der Waals surface area (Å²) < 4.78 is 13.2. The van der Waals surface area contributed by atoms with Gasteiger partial charge in [-0.3, -0.25) is 0 Å². The summed E-state index contributed by atoms with van der Waals surface area (Å²) in [6.45, 7) is 0.971. The average Bonchev–Trinajstić information content (AvgIpc) is 2.28. The smallest absolute Gasteiger partial charge is 0.146 e. The molecule has 1 aromatic rings. The lowest BCUT2D eigenvalue weighted by Gasteiger charge is -2.07. The first kappa shape index (κ1) is 13.3. The summed E-state index contributed by atoms with van der Waals surface area (Å²) in [6.07, 6.45) is 3.85. The Kier molecular flexibility index (Phi) is 6.19. The van der Waals surface area contributed by atoms with Gasteiger partial charge in [-0.1, -0.05) is 24.4 Å². The SMILES string of the molecule is OCCCCCCNc1cc(Cl)ccc1F. The molecule has 0 heterocycles. The van der Waals surface area contributed by atoms with E-state index in [9.17, 15) is 4.39 Å². The van der Waals surface area contributed by atoms with E-state index >= 15 is 0 Å². The molecule has 2 nitrogen and oxygen atoms in total. The van der Waals surface area contributed by atoms with Crippen LogP contribution in [-0.4, -0.2) is 18.3 Å². The maximum Gasteiger partial charge on any atom is 0.146 e. The normalized spacial score (nSPS) is 10.4. The van der Waals surface area contributed by atoms with Crippen molar-refractivity contribution in [3.8, 4) is 0 Å². The third-order valence-corrected chi connectivity index (χ3v) is 2.56. The lowest BCUT2D eigenvalue weighted by atomic mass is 10.2. The average molecular weight is 246 g/mol. The van der Waals surface area contributed by atoms with Crippen molar-refractivity contribution in [2.75, 3.05) is 18.5 Å². The topological polar surface area (TPSA) is 32.3 Å². The second-order valence-electron chi connectivity index (χ2n) is 3.69. The number of hydrogen-bond acceptors (Lipinski definition) is 2. The highest BCUT2D eigenvalue weighted by atomic mass is 35.5. The van der Waals surface area contributed by atoms with Crippen molar-refractivity contribution >= 4 is 17.3 Å². The quantitative estimate of drug-likeness (QED) is 0.722. The molecule has 1 rings (SSSR count). The van der Waals surface area contributed by atoms with Gasteiger partial charge in [0.1, 0.15) is 5.82 Å². The Morgan fingerprint density at radius 1 is 1.19 bits per heavy atom. The van der Waals surface area contributed by atoms with E-state index in [-0.39, 0.29) is 12.4 Å². The number of aliphatic hydroxyl groups excluding tert-OH is 1. The van der Waals surface area contributed by atoms with Crippen LogP contribution in [0.25, 0.3) is 0 Å². The summed E-state index contributed by atoms with van der Waals surface area (Å²) >= 11 is 5.76. The minimum absolute atomic E-state index is 0.246. The first-order valence-corrected chi connectivity index (χ1v) is 5.91. The Labute approximate surface area is 100 Å². The number of rotatable bonds is 7. The molecule has 0 aliphatic rings. The summed E-state index contributed by atoms with van der Waals surface area (Å²) in [5.41, 5.74) is 0.453. The van der Waals surface area contributed by atoms with E-state index in [1.165, 1.54) is 12.1 Å². The molecule has 0 spiro atoms. The maximum atomic E-state index is 13.2. The van der Waals surface area contributed by atoms with Crippen molar-refractivity contribution < 1.29 is 9.50 Å². The lowest BCUT2D eigenvalue weighted by Crippen LogP contribution is -2.03. The van der Waals surface area contributed by atoms with Crippen LogP contribution < -0.4 is 5.32 Å². The molecule has 0 saturated heterocycles. The number of aliphatic hydroxyl groups is 1. The predicted molar refractivity (Wildman–Crippen MR) is 65.5 cm³/mol. The first-order chi connectivity index (χ1) is 7.74. The van der Waals surface area contributed by atoms with E-state index in [4.69, 9.17) is 16.7 Å². The molecule has 0 aliphatic heterocycles. The minimum atomic E-state index is -0.278. The molecule has 0 fully saturated rings. The van der Waals surface area contributed by atoms with Crippen molar-refractivity contribution in [3.05, 3.63) is 29.0 Å². The summed E-state index contributed by atoms with van der Waals surface area (Å²) in [5.74, 6) is -0.278. The minimum Gasteiger partial charge on any atom is -0.396 e. The van der Waals surface area contributed by atoms with Gasteiger partial charge in [-0.05, 0) is 31.0 Å². The van der Waals surface area contributed by atoms with Crippen LogP contribution in [-0.2, 0) is 0 Å². The van der Waals surface area contributed by atoms with Gasteiger partial charge in [0.25, 0.3) is 0 Å². The molecule has 0 aliphatic carbocycles. The van der Waals surface area contributed by atoms with Crippen molar-refractivity contribution in [3.63, 3.8) is 0 Å². The van der Waals surface area contributed by atoms with Gasteiger partial charge in [-0.2, -0.15) is 0 Å². The Bertz CT molecular complexity index is 320. The van der Waals surface area contributed by atoms with Crippen LogP contribution in [0.5, 0.6) is 0 Å². The molecule has 4 heteroatoms. The standard InChI is InChI=1S/C12H17ClFNO/c13-10-5-6-11(14)12(9-10)15-7-3-1-2-4-8-16/h5-6,9,15-16H,1-4,7-8H2. The predicted octanol–water partition coefficient (Wildman–Crippen LogP) is 3.44. The number of nitrogens with one attached hydrogen (secondary N) is 1. The molecular formula is C12H17ClFNO. The van der Waals surface area contributed by atoms with Crippen molar-refractivity contribution in [1.29, 1.82) is 0 Å². The summed E-state index contributed by atoms with van der Waals surface area (Å²) in [4.78, 5) is 0. The molecule has 0 bridgehead atoms. The largest absolute Gasteiger partial charge is 0.396 e. The van der Waals surface area contributed by atoms with Gasteiger partial charge in [0, 0.05) is 18.2 Å². The zero-order chi connectivity index (χ0) is 11.8. The second kappa shape index (κ2) is 7.47. The molecule has 0 amide bonds. The van der Waals surface area contributed by atoms with Crippen LogP contribution in [0.2, 0.25) is 5.02 Å². The fourth-order valence-corrected chi connectivity index (χ4v) is 1.62. The van der Waals surface area contributed by atoms with Gasteiger partial charge in [-0.25, -0.2) is 4.39 Å². The molecule has 0 radical (unpaired) electrons. The first-order valence-electron chi connectivity index (χ1n) is 5.54. The van der Waals surface area contributed by atoms with Crippen molar-refractivity contribution in [1.82, 2.24) is 0 Å². The number of anilines is 1. The van der Waals surface area contributed by atoms with Gasteiger partial charge < -0.3 is 10.4 Å². The van der Waals surface area contributed by atoms with Crippen molar-refractivity contribution in [2.45, 2.75) is 25.7 Å². The number of unbranched alkanes of at least 4 members (excludes halogenated alkanes) is 3. The Hall–Kier alpha value is -0.800. The molecule has 0 unspecified atom stereocenters. The summed E-state index contributed by atoms with van der Waals surface area (Å²) in [7, 11) is 0. The Morgan fingerprint density at radius 3 is 2.69 bits per heavy atom. The highest BCUT2D eigenvalue weighted by molar-refractivity contribution is 6.30. The fraction of sp³-hybridized carbons (Fsp3) is 0.500. The molecule has 0 aromatic heterocycles. The zero-order valence-corrected chi connectivity index (χ0v) is 9.93. The Morgan fingerprint density at radius 2 is 1.94 bits per heavy atom. The van der Waals surface area contributed by atoms with Crippen LogP contribution in [0.3, 0.4) is 0 Å². The number of benzene rings is 1. The van der Waals surface area contributed by atoms with Gasteiger partial charge in [0.2, 0.25) is 0 Å². The van der Waals surface area contributed by atoms with Gasteiger partial charge in [0.15, 0.2) is 0 Å². The summed E-state index contributed by atoms with van der Waals surface area (Å²) in [5, 5.41) is 12.1. The molecule has 0 atom stereocenters. The van der Waals surface area contributed by atoms with E-state index in [2.05, 4.69) is 5.32 Å². The second-order valence-corrected chi connectivity index (χ2v) is 4.13. The molecule has 0 saturated carbocycles. The Balaban J connectivity index is 2.23. The van der Waals surface area contributed by atoms with Crippen LogP contribution in [0, 0.1) is 5.82 Å². The third-order valence-electron chi connectivity index (χ3n) is 2.33. The van der Waals surface area contributed by atoms with Crippen LogP contribution in [0.4, 0.5) is 10.1 Å². The third kappa shape index (κ3) is 4.81. The summed E-state index contributed by atoms with van der Waals surface area (Å²) in [6, 6.07) is 4.48. The zero-order valence-electron chi connectivity index (χ0n) is 9.18. The van der Waals surface area contributed by atoms with Crippen LogP contribution >= 0.6 is 11.6 Å². The van der Waals surface area contributed by atoms with E-state index in [0.717, 1.165) is 32.2 Å². The molecule has 16 heavy (non-hydrogen) atoms. The van der Waals surface area contributed by atoms with Crippen LogP contribution in [0.1, 0.15) is 25.7 Å². The van der Waals surface area contributed by atoms with Crippen molar-refractivity contribution in [2.24, 2.45) is 0 Å². The highest BCUT2D eigenvalue weighted by Gasteiger charge is 2.01. The van der Waals surface area contributed by atoms with Gasteiger partial charge >= 0.3 is 0 Å². The van der Waals surface area contributed by atoms with Gasteiger partial charge in [0.05, 0.1) is 5.69 Å². The van der Waals surface area contributed by atoms with E-state index in [0.29, 0.717) is 10.7 Å². The van der Waals surface area contributed by atoms with E-state index < -0.39 is 0 Å². The lowest BCUT2D eigenvalue weighted by molar-refractivity contribution is 0.283. The highest BCUT2D eigenvalue weighted by Crippen LogP contribution is 2.19. The molecular weight excluding hydrogens is 229 g/mol. The fourth-order valence-electron chi connectivity index (χ4n) is 1.45. The van der Waals surface area contributed by atoms with E-state index in [1.807, 2.05) is 0 Å². The monoisotopic (exact) mass is 245 g/mol. The number of halogens is 2. The van der Waals surface area contributed by atoms with Crippen LogP contribution in [0.15, 0.2) is 18.2 Å². The maximum absolute atomic E-state index is 13.2. The number of hydrogen-bond donors (Lipinski definition) is 2. The molecule has 1 aromatic carbocycles. The molecule has 90 valence electrons.